The molecule has 1 aliphatic carbocycles. The van der Waals surface area contributed by atoms with E-state index in [1.54, 1.807) is 17.9 Å². The highest BCUT2D eigenvalue weighted by atomic mass is 16.5. The first kappa shape index (κ1) is 17.9. The van der Waals surface area contributed by atoms with Gasteiger partial charge in [0.25, 0.3) is 5.56 Å². The zero-order valence-corrected chi connectivity index (χ0v) is 16.8. The molecule has 9 nitrogen and oxygen atoms in total. The van der Waals surface area contributed by atoms with E-state index in [-0.39, 0.29) is 12.1 Å². The van der Waals surface area contributed by atoms with Crippen molar-refractivity contribution < 1.29 is 4.52 Å². The second-order valence-electron chi connectivity index (χ2n) is 8.20. The molecule has 2 fully saturated rings. The van der Waals surface area contributed by atoms with Gasteiger partial charge in [-0.05, 0) is 30.0 Å². The molecule has 6 rings (SSSR count). The molecule has 4 aromatic rings. The molecule has 3 atom stereocenters. The molecule has 154 valence electrons. The van der Waals surface area contributed by atoms with E-state index in [2.05, 4.69) is 43.1 Å². The van der Waals surface area contributed by atoms with E-state index in [1.807, 2.05) is 12.1 Å². The van der Waals surface area contributed by atoms with Crippen molar-refractivity contribution in [1.29, 1.82) is 0 Å². The third kappa shape index (κ3) is 2.83. The molecule has 1 saturated heterocycles. The molecule has 0 N–H and O–H groups in total. The minimum atomic E-state index is -0.183. The lowest BCUT2D eigenvalue weighted by Gasteiger charge is -2.21. The van der Waals surface area contributed by atoms with Gasteiger partial charge in [0.15, 0.2) is 17.0 Å². The molecule has 9 heteroatoms. The normalized spacial score (nSPS) is 21.9. The Hall–Kier alpha value is -3.93. The standard InChI is InChI=1S/C22H19N7O2/c1-3-13-5-4-6-14(7-13)28-8-15-16(9-28)18(15)20-25-17(31-26-20)10-29-12-24-21-19(22(29)30)27(2)11-23-21/h1,4-7,11-12,15-16,18H,8-10H2,2H3/t15-,16+,18?. The van der Waals surface area contributed by atoms with Gasteiger partial charge in [-0.3, -0.25) is 9.36 Å². The van der Waals surface area contributed by atoms with Crippen molar-refractivity contribution in [1.82, 2.24) is 29.2 Å². The van der Waals surface area contributed by atoms with Crippen molar-refractivity contribution >= 4 is 16.9 Å². The summed E-state index contributed by atoms with van der Waals surface area (Å²) >= 11 is 0. The molecule has 1 unspecified atom stereocenters. The fourth-order valence-corrected chi connectivity index (χ4v) is 4.71. The van der Waals surface area contributed by atoms with Crippen LogP contribution in [0, 0.1) is 24.2 Å². The third-order valence-electron chi connectivity index (χ3n) is 6.36. The number of fused-ring (bicyclic) bond motifs is 2. The first-order valence-electron chi connectivity index (χ1n) is 10.1. The van der Waals surface area contributed by atoms with Crippen molar-refractivity contribution in [3.05, 3.63) is 64.6 Å². The minimum absolute atomic E-state index is 0.183. The Bertz CT molecular complexity index is 1400. The average molecular weight is 413 g/mol. The van der Waals surface area contributed by atoms with E-state index in [0.717, 1.165) is 30.2 Å². The summed E-state index contributed by atoms with van der Waals surface area (Å²) in [7, 11) is 1.77. The van der Waals surface area contributed by atoms with E-state index in [0.29, 0.717) is 34.8 Å². The lowest BCUT2D eigenvalue weighted by Crippen LogP contribution is -2.24. The first-order valence-corrected chi connectivity index (χ1v) is 10.1. The molecule has 4 heterocycles. The second-order valence-corrected chi connectivity index (χ2v) is 8.20. The van der Waals surface area contributed by atoms with E-state index in [4.69, 9.17) is 10.9 Å². The summed E-state index contributed by atoms with van der Waals surface area (Å²) in [6.45, 7) is 2.09. The molecule has 3 aromatic heterocycles. The van der Waals surface area contributed by atoms with Crippen LogP contribution >= 0.6 is 0 Å². The monoisotopic (exact) mass is 413 g/mol. The van der Waals surface area contributed by atoms with Gasteiger partial charge >= 0.3 is 0 Å². The maximum Gasteiger partial charge on any atom is 0.280 e. The zero-order chi connectivity index (χ0) is 21.1. The Morgan fingerprint density at radius 1 is 1.23 bits per heavy atom. The van der Waals surface area contributed by atoms with Crippen molar-refractivity contribution in [3.8, 4) is 12.3 Å². The van der Waals surface area contributed by atoms with Gasteiger partial charge in [-0.25, -0.2) is 9.97 Å². The molecule has 0 radical (unpaired) electrons. The summed E-state index contributed by atoms with van der Waals surface area (Å²) in [4.78, 5) is 28.0. The molecular formula is C22H19N7O2. The zero-order valence-electron chi connectivity index (χ0n) is 16.8. The molecule has 1 saturated carbocycles. The Morgan fingerprint density at radius 3 is 2.84 bits per heavy atom. The second kappa shape index (κ2) is 6.54. The molecule has 0 spiro atoms. The van der Waals surface area contributed by atoms with Gasteiger partial charge in [0, 0.05) is 37.3 Å². The third-order valence-corrected chi connectivity index (χ3v) is 6.36. The van der Waals surface area contributed by atoms with Crippen LogP contribution in [0.3, 0.4) is 0 Å². The number of nitrogens with zero attached hydrogens (tertiary/aromatic N) is 7. The molecule has 1 aromatic carbocycles. The topological polar surface area (TPSA) is 94.9 Å². The lowest BCUT2D eigenvalue weighted by atomic mass is 10.2. The predicted molar refractivity (Wildman–Crippen MR) is 112 cm³/mol. The van der Waals surface area contributed by atoms with Crippen LogP contribution in [0.15, 0.2) is 46.2 Å². The number of piperidine rings is 1. The molecule has 0 amide bonds. The van der Waals surface area contributed by atoms with Crippen LogP contribution < -0.4 is 10.5 Å². The smallest absolute Gasteiger partial charge is 0.280 e. The van der Waals surface area contributed by atoms with Crippen LogP contribution in [-0.2, 0) is 13.6 Å². The Labute approximate surface area is 177 Å². The maximum absolute atomic E-state index is 12.7. The molecule has 0 bridgehead atoms. The van der Waals surface area contributed by atoms with E-state index >= 15 is 0 Å². The SMILES string of the molecule is C#Cc1cccc(N2C[C@@H]3C(c4noc(Cn5cnc6ncn(C)c6c5=O)n4)[C@@H]3C2)c1. The van der Waals surface area contributed by atoms with Crippen LogP contribution in [0.25, 0.3) is 11.2 Å². The molecule has 2 aliphatic rings. The van der Waals surface area contributed by atoms with Gasteiger partial charge in [-0.1, -0.05) is 17.1 Å². The van der Waals surface area contributed by atoms with Crippen LogP contribution in [0.2, 0.25) is 0 Å². The summed E-state index contributed by atoms with van der Waals surface area (Å²) in [5.74, 6) is 5.15. The number of aromatic nitrogens is 6. The maximum atomic E-state index is 12.7. The highest BCUT2D eigenvalue weighted by Crippen LogP contribution is 2.57. The van der Waals surface area contributed by atoms with Crippen LogP contribution in [0.5, 0.6) is 0 Å². The van der Waals surface area contributed by atoms with Crippen LogP contribution in [0.4, 0.5) is 5.69 Å². The largest absolute Gasteiger partial charge is 0.371 e. The quantitative estimate of drug-likeness (QED) is 0.467. The summed E-state index contributed by atoms with van der Waals surface area (Å²) in [6.07, 6.45) is 8.57. The Kier molecular flexibility index (Phi) is 3.77. The van der Waals surface area contributed by atoms with Gasteiger partial charge in [-0.2, -0.15) is 4.98 Å². The molecule has 31 heavy (non-hydrogen) atoms. The van der Waals surface area contributed by atoms with Crippen LogP contribution in [-0.4, -0.2) is 42.3 Å². The Morgan fingerprint density at radius 2 is 2.03 bits per heavy atom. The van der Waals surface area contributed by atoms with Gasteiger partial charge in [-0.15, -0.1) is 6.42 Å². The molecule has 1 aliphatic heterocycles. The van der Waals surface area contributed by atoms with Crippen molar-refractivity contribution in [2.45, 2.75) is 12.5 Å². The van der Waals surface area contributed by atoms with E-state index < -0.39 is 0 Å². The van der Waals surface area contributed by atoms with E-state index in [9.17, 15) is 4.79 Å². The molecular weight excluding hydrogens is 394 g/mol. The van der Waals surface area contributed by atoms with Crippen molar-refractivity contribution in [3.63, 3.8) is 0 Å². The van der Waals surface area contributed by atoms with Gasteiger partial charge in [0.1, 0.15) is 12.9 Å². The van der Waals surface area contributed by atoms with E-state index in [1.165, 1.54) is 10.9 Å². The number of benzene rings is 1. The lowest BCUT2D eigenvalue weighted by molar-refractivity contribution is 0.363. The number of hydrogen-bond acceptors (Lipinski definition) is 7. The highest BCUT2D eigenvalue weighted by molar-refractivity contribution is 5.68. The summed E-state index contributed by atoms with van der Waals surface area (Å²) < 4.78 is 8.58. The average Bonchev–Trinajstić information content (AvgIpc) is 3.21. The predicted octanol–water partition coefficient (Wildman–Crippen LogP) is 1.39. The van der Waals surface area contributed by atoms with Gasteiger partial charge in [0.05, 0.1) is 6.33 Å². The number of anilines is 1. The minimum Gasteiger partial charge on any atom is -0.371 e. The number of rotatable bonds is 4. The number of terminal acetylenes is 1. The number of hydrogen-bond donors (Lipinski definition) is 0. The number of imidazole rings is 1. The van der Waals surface area contributed by atoms with Crippen molar-refractivity contribution in [2.75, 3.05) is 18.0 Å². The summed E-state index contributed by atoms with van der Waals surface area (Å²) in [5.41, 5.74) is 2.75. The van der Waals surface area contributed by atoms with Crippen LogP contribution in [0.1, 0.15) is 23.2 Å². The number of aryl methyl sites for hydroxylation is 1. The first-order chi connectivity index (χ1) is 15.1. The highest BCUT2D eigenvalue weighted by Gasteiger charge is 2.58. The summed E-state index contributed by atoms with van der Waals surface area (Å²) in [6, 6.07) is 8.09. The van der Waals surface area contributed by atoms with Gasteiger partial charge < -0.3 is 14.0 Å². The fraction of sp³-hybridized carbons (Fsp3) is 0.318. The Balaban J connectivity index is 1.16. The fourth-order valence-electron chi connectivity index (χ4n) is 4.71. The van der Waals surface area contributed by atoms with Gasteiger partial charge in [0.2, 0.25) is 5.89 Å². The van der Waals surface area contributed by atoms with Crippen molar-refractivity contribution in [2.24, 2.45) is 18.9 Å². The summed E-state index contributed by atoms with van der Waals surface area (Å²) in [5, 5.41) is 4.20.